The molecule has 0 spiro atoms. The van der Waals surface area contributed by atoms with E-state index in [0.717, 1.165) is 0 Å². The minimum Gasteiger partial charge on any atom is -0.444 e. The van der Waals surface area contributed by atoms with E-state index in [1.54, 1.807) is 20.8 Å². The second-order valence-electron chi connectivity index (χ2n) is 4.40. The zero-order valence-electron chi connectivity index (χ0n) is 10.3. The maximum absolute atomic E-state index is 11.4. The molecule has 0 fully saturated rings. The van der Waals surface area contributed by atoms with E-state index in [1.165, 1.54) is 0 Å². The first kappa shape index (κ1) is 15.7. The number of ether oxygens (including phenoxy) is 1. The minimum absolute atomic E-state index is 0.0608. The van der Waals surface area contributed by atoms with Gasteiger partial charge in [0.15, 0.2) is 0 Å². The van der Waals surface area contributed by atoms with Crippen molar-refractivity contribution in [2.24, 2.45) is 0 Å². The standard InChI is InChI=1S/C10H20N2O5/c1-10(2,3)17-9(16)12-7(6-14)8(15)11-4-5-13/h7,13-14H,4-6H2,1-3H3,(H,11,15)(H,12,16)/t7-/m0/s1. The Labute approximate surface area is 100 Å². The second kappa shape index (κ2) is 7.08. The Balaban J connectivity index is 4.21. The van der Waals surface area contributed by atoms with Gasteiger partial charge < -0.3 is 25.6 Å². The number of hydrogen-bond donors (Lipinski definition) is 4. The van der Waals surface area contributed by atoms with E-state index in [1.807, 2.05) is 0 Å². The van der Waals surface area contributed by atoms with Gasteiger partial charge in [-0.15, -0.1) is 0 Å². The molecule has 0 rings (SSSR count). The zero-order chi connectivity index (χ0) is 13.5. The van der Waals surface area contributed by atoms with Crippen LogP contribution in [-0.4, -0.2) is 53.6 Å². The highest BCUT2D eigenvalue weighted by molar-refractivity contribution is 5.85. The van der Waals surface area contributed by atoms with Crippen molar-refractivity contribution in [3.63, 3.8) is 0 Å². The third-order valence-corrected chi connectivity index (χ3v) is 1.60. The molecule has 0 heterocycles. The molecular weight excluding hydrogens is 228 g/mol. The SMILES string of the molecule is CC(C)(C)OC(=O)N[C@@H](CO)C(=O)NCCO. The van der Waals surface area contributed by atoms with Gasteiger partial charge in [0.25, 0.3) is 0 Å². The number of hydrogen-bond acceptors (Lipinski definition) is 5. The molecule has 0 aliphatic carbocycles. The van der Waals surface area contributed by atoms with Crippen molar-refractivity contribution >= 4 is 12.0 Å². The highest BCUT2D eigenvalue weighted by Crippen LogP contribution is 2.06. The van der Waals surface area contributed by atoms with Crippen LogP contribution in [-0.2, 0) is 9.53 Å². The van der Waals surface area contributed by atoms with Crippen LogP contribution in [0.15, 0.2) is 0 Å². The highest BCUT2D eigenvalue weighted by atomic mass is 16.6. The normalized spacial score (nSPS) is 12.8. The smallest absolute Gasteiger partial charge is 0.408 e. The van der Waals surface area contributed by atoms with Gasteiger partial charge in [0.1, 0.15) is 11.6 Å². The first-order valence-electron chi connectivity index (χ1n) is 5.29. The largest absolute Gasteiger partial charge is 0.444 e. The van der Waals surface area contributed by atoms with Crippen molar-refractivity contribution in [3.8, 4) is 0 Å². The van der Waals surface area contributed by atoms with Crippen LogP contribution in [0.1, 0.15) is 20.8 Å². The number of carbonyl (C=O) groups excluding carboxylic acids is 2. The molecule has 2 amide bonds. The van der Waals surface area contributed by atoms with Gasteiger partial charge in [-0.1, -0.05) is 0 Å². The fraction of sp³-hybridized carbons (Fsp3) is 0.800. The van der Waals surface area contributed by atoms with Gasteiger partial charge in [-0.3, -0.25) is 4.79 Å². The van der Waals surface area contributed by atoms with Crippen LogP contribution in [0.3, 0.4) is 0 Å². The van der Waals surface area contributed by atoms with Gasteiger partial charge >= 0.3 is 6.09 Å². The summed E-state index contributed by atoms with van der Waals surface area (Å²) < 4.78 is 4.93. The molecule has 0 bridgehead atoms. The molecule has 0 unspecified atom stereocenters. The molecule has 100 valence electrons. The molecule has 0 aliphatic heterocycles. The van der Waals surface area contributed by atoms with Crippen molar-refractivity contribution in [2.75, 3.05) is 19.8 Å². The lowest BCUT2D eigenvalue weighted by Crippen LogP contribution is -2.50. The molecule has 0 aliphatic rings. The predicted octanol–water partition coefficient (Wildman–Crippen LogP) is -1.02. The molecule has 0 radical (unpaired) electrons. The van der Waals surface area contributed by atoms with Gasteiger partial charge in [0.05, 0.1) is 13.2 Å². The van der Waals surface area contributed by atoms with Crippen molar-refractivity contribution in [1.29, 1.82) is 0 Å². The summed E-state index contributed by atoms with van der Waals surface area (Å²) in [6.45, 7) is 4.36. The van der Waals surface area contributed by atoms with E-state index >= 15 is 0 Å². The maximum atomic E-state index is 11.4. The molecular formula is C10H20N2O5. The maximum Gasteiger partial charge on any atom is 0.408 e. The van der Waals surface area contributed by atoms with Crippen LogP contribution in [0.25, 0.3) is 0 Å². The summed E-state index contributed by atoms with van der Waals surface area (Å²) in [6.07, 6.45) is -0.782. The number of amides is 2. The summed E-state index contributed by atoms with van der Waals surface area (Å²) in [5.74, 6) is -0.576. The monoisotopic (exact) mass is 248 g/mol. The van der Waals surface area contributed by atoms with E-state index in [2.05, 4.69) is 10.6 Å². The van der Waals surface area contributed by atoms with Gasteiger partial charge in [-0.05, 0) is 20.8 Å². The van der Waals surface area contributed by atoms with Gasteiger partial charge in [-0.2, -0.15) is 0 Å². The molecule has 0 aromatic carbocycles. The average molecular weight is 248 g/mol. The third-order valence-electron chi connectivity index (χ3n) is 1.60. The van der Waals surface area contributed by atoms with Crippen molar-refractivity contribution in [3.05, 3.63) is 0 Å². The number of alkyl carbamates (subject to hydrolysis) is 1. The number of nitrogens with one attached hydrogen (secondary N) is 2. The zero-order valence-corrected chi connectivity index (χ0v) is 10.3. The lowest BCUT2D eigenvalue weighted by Gasteiger charge is -2.22. The number of aliphatic hydroxyl groups excluding tert-OH is 2. The predicted molar refractivity (Wildman–Crippen MR) is 60.3 cm³/mol. The molecule has 0 aromatic rings. The van der Waals surface area contributed by atoms with Gasteiger partial charge in [-0.25, -0.2) is 4.79 Å². The molecule has 7 heteroatoms. The third kappa shape index (κ3) is 7.53. The van der Waals surface area contributed by atoms with Crippen LogP contribution in [0.4, 0.5) is 4.79 Å². The van der Waals surface area contributed by atoms with Crippen LogP contribution in [0, 0.1) is 0 Å². The molecule has 17 heavy (non-hydrogen) atoms. The van der Waals surface area contributed by atoms with E-state index in [0.29, 0.717) is 0 Å². The van der Waals surface area contributed by atoms with Crippen molar-refractivity contribution < 1.29 is 24.5 Å². The van der Waals surface area contributed by atoms with E-state index in [4.69, 9.17) is 14.9 Å². The van der Waals surface area contributed by atoms with E-state index < -0.39 is 30.3 Å². The molecule has 1 atom stereocenters. The summed E-state index contributed by atoms with van der Waals surface area (Å²) in [7, 11) is 0. The molecule has 4 N–H and O–H groups in total. The summed E-state index contributed by atoms with van der Waals surface area (Å²) in [4.78, 5) is 22.7. The Morgan fingerprint density at radius 3 is 2.29 bits per heavy atom. The fourth-order valence-corrected chi connectivity index (χ4v) is 0.946. The number of aliphatic hydroxyl groups is 2. The molecule has 0 aromatic heterocycles. The van der Waals surface area contributed by atoms with Gasteiger partial charge in [0.2, 0.25) is 5.91 Å². The van der Waals surface area contributed by atoms with Crippen molar-refractivity contribution in [1.82, 2.24) is 10.6 Å². The fourth-order valence-electron chi connectivity index (χ4n) is 0.946. The van der Waals surface area contributed by atoms with E-state index in [9.17, 15) is 9.59 Å². The number of carbonyl (C=O) groups is 2. The molecule has 7 nitrogen and oxygen atoms in total. The van der Waals surface area contributed by atoms with Crippen LogP contribution in [0.2, 0.25) is 0 Å². The Morgan fingerprint density at radius 2 is 1.88 bits per heavy atom. The quantitative estimate of drug-likeness (QED) is 0.498. The lowest BCUT2D eigenvalue weighted by atomic mass is 10.2. The summed E-state index contributed by atoms with van der Waals surface area (Å²) >= 11 is 0. The Bertz CT molecular complexity index is 262. The highest BCUT2D eigenvalue weighted by Gasteiger charge is 2.23. The van der Waals surface area contributed by atoms with Crippen LogP contribution in [0.5, 0.6) is 0 Å². The first-order valence-corrected chi connectivity index (χ1v) is 5.29. The molecule has 0 saturated heterocycles. The van der Waals surface area contributed by atoms with Crippen LogP contribution < -0.4 is 10.6 Å². The van der Waals surface area contributed by atoms with Gasteiger partial charge in [0, 0.05) is 6.54 Å². The lowest BCUT2D eigenvalue weighted by molar-refractivity contribution is -0.124. The summed E-state index contributed by atoms with van der Waals surface area (Å²) in [5.41, 5.74) is -0.675. The average Bonchev–Trinajstić information content (AvgIpc) is 2.19. The second-order valence-corrected chi connectivity index (χ2v) is 4.40. The van der Waals surface area contributed by atoms with Crippen LogP contribution >= 0.6 is 0 Å². The number of rotatable bonds is 5. The molecule has 0 saturated carbocycles. The topological polar surface area (TPSA) is 108 Å². The Kier molecular flexibility index (Phi) is 6.52. The minimum atomic E-state index is -1.09. The Hall–Kier alpha value is -1.34. The summed E-state index contributed by atoms with van der Waals surface area (Å²) in [5, 5.41) is 22.0. The Morgan fingerprint density at radius 1 is 1.29 bits per heavy atom. The van der Waals surface area contributed by atoms with E-state index in [-0.39, 0.29) is 13.2 Å². The first-order chi connectivity index (χ1) is 7.80. The summed E-state index contributed by atoms with van der Waals surface area (Å²) in [6, 6.07) is -1.09. The van der Waals surface area contributed by atoms with Crippen molar-refractivity contribution in [2.45, 2.75) is 32.4 Å².